The Morgan fingerprint density at radius 2 is 2.62 bits per heavy atom. The van der Waals surface area contributed by atoms with E-state index in [0.717, 1.165) is 10.1 Å². The SMILES string of the molecule is Nc1nc(CI)co1. The fraction of sp³-hybridized carbons (Fsp3) is 0.250. The van der Waals surface area contributed by atoms with Crippen molar-refractivity contribution in [3.05, 3.63) is 12.0 Å². The summed E-state index contributed by atoms with van der Waals surface area (Å²) in [7, 11) is 0. The quantitative estimate of drug-likeness (QED) is 0.575. The van der Waals surface area contributed by atoms with E-state index in [9.17, 15) is 0 Å². The zero-order valence-electron chi connectivity index (χ0n) is 4.10. The van der Waals surface area contributed by atoms with Gasteiger partial charge in [0.05, 0.1) is 5.69 Å². The van der Waals surface area contributed by atoms with Crippen molar-refractivity contribution in [2.45, 2.75) is 4.43 Å². The Hall–Kier alpha value is -0.260. The highest BCUT2D eigenvalue weighted by Gasteiger charge is 1.94. The molecule has 0 aliphatic rings. The Morgan fingerprint density at radius 1 is 1.88 bits per heavy atom. The van der Waals surface area contributed by atoms with E-state index in [2.05, 4.69) is 27.6 Å². The Labute approximate surface area is 60.4 Å². The topological polar surface area (TPSA) is 52.0 Å². The maximum absolute atomic E-state index is 5.17. The van der Waals surface area contributed by atoms with Crippen LogP contribution in [0.1, 0.15) is 5.69 Å². The van der Waals surface area contributed by atoms with E-state index < -0.39 is 0 Å². The summed E-state index contributed by atoms with van der Waals surface area (Å²) in [4.78, 5) is 3.83. The normalized spacial score (nSPS) is 9.62. The zero-order valence-corrected chi connectivity index (χ0v) is 6.25. The molecule has 1 rings (SSSR count). The lowest BCUT2D eigenvalue weighted by atomic mass is 10.6. The second-order valence-corrected chi connectivity index (χ2v) is 2.07. The first-order valence-electron chi connectivity index (χ1n) is 2.09. The van der Waals surface area contributed by atoms with Crippen LogP contribution in [0.25, 0.3) is 0 Å². The van der Waals surface area contributed by atoms with Crippen molar-refractivity contribution < 1.29 is 4.42 Å². The van der Waals surface area contributed by atoms with E-state index in [0.29, 0.717) is 0 Å². The van der Waals surface area contributed by atoms with Crippen LogP contribution in [-0.4, -0.2) is 4.98 Å². The summed E-state index contributed by atoms with van der Waals surface area (Å²) in [6.07, 6.45) is 1.56. The van der Waals surface area contributed by atoms with Gasteiger partial charge in [0.1, 0.15) is 6.26 Å². The fourth-order valence-corrected chi connectivity index (χ4v) is 0.734. The number of halogens is 1. The average Bonchev–Trinajstić information content (AvgIpc) is 2.14. The number of alkyl halides is 1. The molecule has 0 aliphatic carbocycles. The molecule has 0 unspecified atom stereocenters. The van der Waals surface area contributed by atoms with Crippen molar-refractivity contribution in [3.8, 4) is 0 Å². The predicted octanol–water partition coefficient (Wildman–Crippen LogP) is 1.19. The molecule has 1 heterocycles. The summed E-state index contributed by atoms with van der Waals surface area (Å²) in [6, 6.07) is 0.247. The zero-order chi connectivity index (χ0) is 5.98. The Kier molecular flexibility index (Phi) is 1.72. The predicted molar refractivity (Wildman–Crippen MR) is 38.6 cm³/mol. The van der Waals surface area contributed by atoms with Gasteiger partial charge in [0, 0.05) is 4.43 Å². The molecule has 1 aromatic heterocycles. The van der Waals surface area contributed by atoms with Crippen molar-refractivity contribution in [1.29, 1.82) is 0 Å². The van der Waals surface area contributed by atoms with Gasteiger partial charge in [-0.05, 0) is 0 Å². The van der Waals surface area contributed by atoms with E-state index in [4.69, 9.17) is 10.2 Å². The summed E-state index contributed by atoms with van der Waals surface area (Å²) >= 11 is 2.19. The fourth-order valence-electron chi connectivity index (χ4n) is 0.384. The molecule has 3 nitrogen and oxygen atoms in total. The van der Waals surface area contributed by atoms with Crippen molar-refractivity contribution >= 4 is 28.6 Å². The molecular weight excluding hydrogens is 219 g/mol. The molecule has 0 aliphatic heterocycles. The number of rotatable bonds is 1. The lowest BCUT2D eigenvalue weighted by Crippen LogP contribution is -1.83. The highest BCUT2D eigenvalue weighted by molar-refractivity contribution is 14.1. The molecule has 0 fully saturated rings. The highest BCUT2D eigenvalue weighted by Crippen LogP contribution is 2.05. The third-order valence-electron chi connectivity index (χ3n) is 0.706. The molecule has 4 heteroatoms. The van der Waals surface area contributed by atoms with Crippen molar-refractivity contribution in [2.75, 3.05) is 5.73 Å². The van der Waals surface area contributed by atoms with Gasteiger partial charge < -0.3 is 10.2 Å². The molecule has 44 valence electrons. The number of anilines is 1. The molecule has 0 aromatic carbocycles. The van der Waals surface area contributed by atoms with Crippen LogP contribution < -0.4 is 5.73 Å². The smallest absolute Gasteiger partial charge is 0.292 e. The highest BCUT2D eigenvalue weighted by atomic mass is 127. The van der Waals surface area contributed by atoms with Crippen LogP contribution in [-0.2, 0) is 4.43 Å². The Balaban J connectivity index is 2.84. The largest absolute Gasteiger partial charge is 0.432 e. The number of oxazole rings is 1. The van der Waals surface area contributed by atoms with Crippen LogP contribution in [0, 0.1) is 0 Å². The van der Waals surface area contributed by atoms with Gasteiger partial charge in [-0.2, -0.15) is 4.98 Å². The Bertz CT molecular complexity index is 174. The minimum Gasteiger partial charge on any atom is -0.432 e. The van der Waals surface area contributed by atoms with Gasteiger partial charge in [-0.3, -0.25) is 0 Å². The number of hydrogen-bond donors (Lipinski definition) is 1. The van der Waals surface area contributed by atoms with E-state index in [1.807, 2.05) is 0 Å². The first kappa shape index (κ1) is 5.87. The average molecular weight is 224 g/mol. The number of hydrogen-bond acceptors (Lipinski definition) is 3. The molecule has 2 N–H and O–H groups in total. The van der Waals surface area contributed by atoms with E-state index >= 15 is 0 Å². The number of nitrogens with two attached hydrogens (primary N) is 1. The van der Waals surface area contributed by atoms with Gasteiger partial charge in [-0.1, -0.05) is 22.6 Å². The first-order chi connectivity index (χ1) is 3.83. The van der Waals surface area contributed by atoms with Crippen molar-refractivity contribution in [3.63, 3.8) is 0 Å². The number of aromatic nitrogens is 1. The molecule has 0 spiro atoms. The van der Waals surface area contributed by atoms with Crippen LogP contribution >= 0.6 is 22.6 Å². The first-order valence-corrected chi connectivity index (χ1v) is 3.61. The summed E-state index contributed by atoms with van der Waals surface area (Å²) in [5, 5.41) is 0. The monoisotopic (exact) mass is 224 g/mol. The van der Waals surface area contributed by atoms with Gasteiger partial charge in [0.15, 0.2) is 0 Å². The standard InChI is InChI=1S/C4H5IN2O/c5-1-3-2-8-4(6)7-3/h2H,1H2,(H2,6,7). The van der Waals surface area contributed by atoms with Crippen LogP contribution in [0.2, 0.25) is 0 Å². The van der Waals surface area contributed by atoms with E-state index in [1.165, 1.54) is 0 Å². The number of nitrogen functional groups attached to an aromatic ring is 1. The maximum atomic E-state index is 5.17. The van der Waals surface area contributed by atoms with Crippen LogP contribution in [0.3, 0.4) is 0 Å². The van der Waals surface area contributed by atoms with E-state index in [1.54, 1.807) is 6.26 Å². The van der Waals surface area contributed by atoms with Crippen LogP contribution in [0.5, 0.6) is 0 Å². The van der Waals surface area contributed by atoms with Crippen LogP contribution in [0.15, 0.2) is 10.7 Å². The lowest BCUT2D eigenvalue weighted by Gasteiger charge is -1.75. The number of nitrogens with zero attached hydrogens (tertiary/aromatic N) is 1. The van der Waals surface area contributed by atoms with Gasteiger partial charge in [0.2, 0.25) is 0 Å². The molecule has 8 heavy (non-hydrogen) atoms. The van der Waals surface area contributed by atoms with Gasteiger partial charge >= 0.3 is 0 Å². The molecule has 1 aromatic rings. The summed E-state index contributed by atoms with van der Waals surface area (Å²) in [6.45, 7) is 0. The molecule has 0 saturated heterocycles. The van der Waals surface area contributed by atoms with Crippen molar-refractivity contribution in [2.24, 2.45) is 0 Å². The minimum atomic E-state index is 0.247. The second kappa shape index (κ2) is 2.34. The maximum Gasteiger partial charge on any atom is 0.292 e. The van der Waals surface area contributed by atoms with Gasteiger partial charge in [-0.15, -0.1) is 0 Å². The minimum absolute atomic E-state index is 0.247. The summed E-state index contributed by atoms with van der Waals surface area (Å²) < 4.78 is 5.56. The molecule has 0 radical (unpaired) electrons. The molecular formula is C4H5IN2O. The van der Waals surface area contributed by atoms with E-state index in [-0.39, 0.29) is 6.01 Å². The molecule has 0 atom stereocenters. The second-order valence-electron chi connectivity index (χ2n) is 1.31. The van der Waals surface area contributed by atoms with Gasteiger partial charge in [0.25, 0.3) is 6.01 Å². The van der Waals surface area contributed by atoms with Crippen molar-refractivity contribution in [1.82, 2.24) is 4.98 Å². The summed E-state index contributed by atoms with van der Waals surface area (Å²) in [5.74, 6) is 0. The molecule has 0 saturated carbocycles. The van der Waals surface area contributed by atoms with Gasteiger partial charge in [-0.25, -0.2) is 0 Å². The Morgan fingerprint density at radius 3 is 2.88 bits per heavy atom. The molecule has 0 bridgehead atoms. The lowest BCUT2D eigenvalue weighted by molar-refractivity contribution is 0.579. The van der Waals surface area contributed by atoms with Crippen LogP contribution in [0.4, 0.5) is 6.01 Å². The third kappa shape index (κ3) is 1.12. The third-order valence-corrected chi connectivity index (χ3v) is 1.49. The molecule has 0 amide bonds. The summed E-state index contributed by atoms with van der Waals surface area (Å²) in [5.41, 5.74) is 6.06.